The van der Waals surface area contributed by atoms with Gasteiger partial charge < -0.3 is 53.4 Å². The number of carboxylic acids is 1. The standard InChI is InChI=1S/C59H75NO18S2/c1-31(2)26-38(60-54(69)78-55(6,7)8)46(74-44(64)27-37-20-16-17-21-40(37)80-79-32(3)22-25-43(62)63)53(68)73-39-29-59(70)50(76-52(67)35-18-14-13-15-19-35)48-57(11,41(71-12)28-42-58(48,30-72-42)77-34(5)61)49(65)47(75-51(66)36-23-24-36)45(33(39)4)56(59,9)10/h13-21,26,32,36,38-39,41-42,46-48,50,70H,22-25,27-30H2,1-12H3,(H,60,69)(H,62,63)/t32?,38-,39-,41-,42+,46+,47+,48-,50-,57+,58-,59+/m0/s1. The van der Waals surface area contributed by atoms with Gasteiger partial charge in [0, 0.05) is 48.9 Å². The molecular formula is C59H75NO18S2. The monoisotopic (exact) mass is 1150 g/mol. The van der Waals surface area contributed by atoms with E-state index in [0.29, 0.717) is 35.3 Å². The maximum absolute atomic E-state index is 16.3. The summed E-state index contributed by atoms with van der Waals surface area (Å²) in [7, 11) is 4.17. The number of ether oxygens (including phenoxy) is 8. The van der Waals surface area contributed by atoms with Crippen LogP contribution in [0.5, 0.6) is 0 Å². The maximum atomic E-state index is 16.3. The third-order valence-electron chi connectivity index (χ3n) is 15.9. The van der Waals surface area contributed by atoms with Gasteiger partial charge in [0.1, 0.15) is 29.5 Å². The van der Waals surface area contributed by atoms with Crippen molar-refractivity contribution >= 4 is 69.3 Å². The van der Waals surface area contributed by atoms with Crippen molar-refractivity contribution in [2.75, 3.05) is 13.7 Å². The number of benzene rings is 2. The molecule has 5 aliphatic rings. The Kier molecular flexibility index (Phi) is 18.9. The maximum Gasteiger partial charge on any atom is 0.408 e. The number of rotatable bonds is 20. The van der Waals surface area contributed by atoms with Crippen LogP contribution in [0.25, 0.3) is 0 Å². The highest BCUT2D eigenvalue weighted by molar-refractivity contribution is 8.77. The summed E-state index contributed by atoms with van der Waals surface area (Å²) in [6.45, 7) is 17.5. The molecule has 0 aromatic heterocycles. The number of hydrogen-bond acceptors (Lipinski definition) is 19. The van der Waals surface area contributed by atoms with E-state index < -0.39 is 136 Å². The third-order valence-corrected chi connectivity index (χ3v) is 19.0. The zero-order valence-electron chi connectivity index (χ0n) is 47.4. The lowest BCUT2D eigenvalue weighted by Crippen LogP contribution is -2.82. The van der Waals surface area contributed by atoms with E-state index in [1.165, 1.54) is 53.8 Å². The van der Waals surface area contributed by atoms with E-state index in [9.17, 15) is 39.0 Å². The number of alkyl carbamates (subject to hydrolysis) is 1. The quantitative estimate of drug-likeness (QED) is 0.0487. The molecule has 1 aliphatic heterocycles. The lowest BCUT2D eigenvalue weighted by Gasteiger charge is -2.67. The Balaban J connectivity index is 1.38. The van der Waals surface area contributed by atoms with Crippen molar-refractivity contribution in [1.29, 1.82) is 0 Å². The molecule has 80 heavy (non-hydrogen) atoms. The van der Waals surface area contributed by atoms with Gasteiger partial charge in [-0.3, -0.25) is 24.0 Å². The molecule has 3 saturated carbocycles. The molecular weight excluding hydrogens is 1070 g/mol. The molecule has 1 heterocycles. The van der Waals surface area contributed by atoms with Crippen LogP contribution in [0, 0.1) is 22.7 Å². The van der Waals surface area contributed by atoms with Crippen molar-refractivity contribution < 1.29 is 86.5 Å². The van der Waals surface area contributed by atoms with E-state index >= 15 is 9.59 Å². The molecule has 3 N–H and O–H groups in total. The number of hydrogen-bond donors (Lipinski definition) is 3. The molecule has 12 atom stereocenters. The molecule has 0 radical (unpaired) electrons. The first kappa shape index (κ1) is 61.9. The zero-order chi connectivity index (χ0) is 58.9. The summed E-state index contributed by atoms with van der Waals surface area (Å²) < 4.78 is 49.7. The van der Waals surface area contributed by atoms with E-state index in [1.54, 1.807) is 105 Å². The minimum Gasteiger partial charge on any atom is -0.481 e. The molecule has 21 heteroatoms. The number of fused-ring (bicyclic) bond motifs is 5. The van der Waals surface area contributed by atoms with Crippen LogP contribution in [0.2, 0.25) is 0 Å². The number of aliphatic hydroxyl groups is 1. The Hall–Kier alpha value is -5.74. The summed E-state index contributed by atoms with van der Waals surface area (Å²) in [4.78, 5) is 114. The second-order valence-electron chi connectivity index (χ2n) is 23.5. The van der Waals surface area contributed by atoms with Crippen molar-refractivity contribution in [2.45, 2.75) is 191 Å². The topological polar surface area (TPSA) is 263 Å². The van der Waals surface area contributed by atoms with Crippen LogP contribution in [-0.2, 0) is 73.1 Å². The second-order valence-corrected chi connectivity index (χ2v) is 26.2. The van der Waals surface area contributed by atoms with Gasteiger partial charge in [-0.2, -0.15) is 0 Å². The number of carbonyl (C=O) groups is 8. The Bertz CT molecular complexity index is 2780. The van der Waals surface area contributed by atoms with Gasteiger partial charge in [0.25, 0.3) is 0 Å². The van der Waals surface area contributed by atoms with Gasteiger partial charge in [-0.05, 0) is 103 Å². The minimum absolute atomic E-state index is 0.00667. The summed E-state index contributed by atoms with van der Waals surface area (Å²) >= 11 is 0. The van der Waals surface area contributed by atoms with Gasteiger partial charge in [-0.15, -0.1) is 0 Å². The minimum atomic E-state index is -2.43. The third kappa shape index (κ3) is 13.0. The van der Waals surface area contributed by atoms with Gasteiger partial charge >= 0.3 is 41.9 Å². The number of ketones is 1. The number of nitrogens with one attached hydrogen (secondary N) is 1. The number of allylic oxidation sites excluding steroid dienone is 1. The molecule has 2 aromatic carbocycles. The Morgan fingerprint density at radius 2 is 1.60 bits per heavy atom. The van der Waals surface area contributed by atoms with Gasteiger partial charge in [-0.25, -0.2) is 14.4 Å². The van der Waals surface area contributed by atoms with Crippen molar-refractivity contribution in [3.63, 3.8) is 0 Å². The highest BCUT2D eigenvalue weighted by atomic mass is 33.1. The molecule has 4 fully saturated rings. The second kappa shape index (κ2) is 24.4. The first-order valence-electron chi connectivity index (χ1n) is 26.9. The summed E-state index contributed by atoms with van der Waals surface area (Å²) in [6.07, 6.45) is -8.15. The van der Waals surface area contributed by atoms with Gasteiger partial charge in [0.2, 0.25) is 6.10 Å². The lowest BCUT2D eigenvalue weighted by molar-refractivity contribution is -0.347. The summed E-state index contributed by atoms with van der Waals surface area (Å²) in [5, 5.41) is 26.1. The molecule has 2 aromatic rings. The first-order chi connectivity index (χ1) is 37.5. The molecule has 4 aliphatic carbocycles. The van der Waals surface area contributed by atoms with Crippen molar-refractivity contribution in [3.05, 3.63) is 88.5 Å². The number of aliphatic carboxylic acids is 1. The molecule has 7 rings (SSSR count). The fourth-order valence-corrected chi connectivity index (χ4v) is 14.2. The van der Waals surface area contributed by atoms with E-state index in [1.807, 2.05) is 6.92 Å². The molecule has 0 spiro atoms. The van der Waals surface area contributed by atoms with Gasteiger partial charge in [0.15, 0.2) is 17.5 Å². The number of amides is 1. The van der Waals surface area contributed by atoms with Crippen molar-refractivity contribution in [3.8, 4) is 0 Å². The van der Waals surface area contributed by atoms with Gasteiger partial charge in [0.05, 0.1) is 48.0 Å². The summed E-state index contributed by atoms with van der Waals surface area (Å²) in [5.41, 5.74) is -7.37. The first-order valence-corrected chi connectivity index (χ1v) is 29.1. The van der Waals surface area contributed by atoms with E-state index in [4.69, 9.17) is 37.9 Å². The Labute approximate surface area is 474 Å². The van der Waals surface area contributed by atoms with Crippen LogP contribution < -0.4 is 5.32 Å². The highest BCUT2D eigenvalue weighted by Crippen LogP contribution is 2.65. The number of carbonyl (C=O) groups excluding carboxylic acids is 7. The summed E-state index contributed by atoms with van der Waals surface area (Å²) in [5.74, 6) is -8.14. The van der Waals surface area contributed by atoms with Crippen LogP contribution >= 0.6 is 21.6 Å². The van der Waals surface area contributed by atoms with Crippen molar-refractivity contribution in [1.82, 2.24) is 5.32 Å². The highest BCUT2D eigenvalue weighted by Gasteiger charge is 2.79. The Morgan fingerprint density at radius 3 is 2.19 bits per heavy atom. The van der Waals surface area contributed by atoms with E-state index in [2.05, 4.69) is 5.32 Å². The summed E-state index contributed by atoms with van der Waals surface area (Å²) in [6, 6.07) is 13.5. The van der Waals surface area contributed by atoms with Crippen LogP contribution in [0.15, 0.2) is 82.3 Å². The SMILES string of the molecule is CO[C@H]1C[C@H]2OC[C@@]2(OC(C)=O)[C@H]2[C@H](OC(=O)c3ccccc3)[C@]3(O)C[C@H](OC(=O)[C@H](OC(=O)Cc4ccccc4SSC(C)CCC(=O)O)[C@H](C=C(C)C)NC(=O)OC(C)(C)C)C(C)=C([C@@H](OC(=O)C4CC4)C(=O)[C@]12C)C3(C)C. The number of carboxylic acid groups (broad SMARTS) is 1. The zero-order valence-corrected chi connectivity index (χ0v) is 49.1. The average Bonchev–Trinajstić information content (AvgIpc) is 2.27. The molecule has 436 valence electrons. The molecule has 2 bridgehead atoms. The predicted octanol–water partition coefficient (Wildman–Crippen LogP) is 8.26. The predicted molar refractivity (Wildman–Crippen MR) is 293 cm³/mol. The van der Waals surface area contributed by atoms with Crippen molar-refractivity contribution in [2.24, 2.45) is 22.7 Å². The smallest absolute Gasteiger partial charge is 0.408 e. The number of esters is 5. The van der Waals surface area contributed by atoms with Crippen LogP contribution in [0.4, 0.5) is 4.79 Å². The van der Waals surface area contributed by atoms with Crippen LogP contribution in [-0.4, -0.2) is 136 Å². The lowest BCUT2D eigenvalue weighted by atomic mass is 9.44. The normalized spacial score (nSPS) is 28.7. The van der Waals surface area contributed by atoms with E-state index in [-0.39, 0.29) is 47.8 Å². The fourth-order valence-electron chi connectivity index (χ4n) is 11.8. The number of Topliss-reactive ketones (excluding diaryl/α,β-unsaturated/α-hetero) is 1. The molecule has 1 unspecified atom stereocenters. The van der Waals surface area contributed by atoms with E-state index in [0.717, 1.165) is 0 Å². The van der Waals surface area contributed by atoms with Gasteiger partial charge in [-0.1, -0.05) is 90.4 Å². The Morgan fingerprint density at radius 1 is 0.938 bits per heavy atom. The van der Waals surface area contributed by atoms with Crippen LogP contribution in [0.1, 0.15) is 131 Å². The molecule has 19 nitrogen and oxygen atoms in total. The van der Waals surface area contributed by atoms with Crippen LogP contribution in [0.3, 0.4) is 0 Å². The average molecular weight is 1150 g/mol. The molecule has 1 amide bonds. The largest absolute Gasteiger partial charge is 0.481 e. The fraction of sp³-hybridized carbons (Fsp3) is 0.593. The molecule has 1 saturated heterocycles. The number of methoxy groups -OCH3 is 1.